The molecule has 1 aliphatic rings. The van der Waals surface area contributed by atoms with Crippen LogP contribution in [-0.4, -0.2) is 23.3 Å². The summed E-state index contributed by atoms with van der Waals surface area (Å²) < 4.78 is 32.5. The van der Waals surface area contributed by atoms with Crippen LogP contribution < -0.4 is 0 Å². The predicted molar refractivity (Wildman–Crippen MR) is 117 cm³/mol. The summed E-state index contributed by atoms with van der Waals surface area (Å²) in [6.45, 7) is 0. The van der Waals surface area contributed by atoms with Gasteiger partial charge in [0.25, 0.3) is 0 Å². The number of ether oxygens (including phenoxy) is 1. The molecule has 1 N–H and O–H groups in total. The lowest BCUT2D eigenvalue weighted by Crippen LogP contribution is -2.31. The second-order valence-corrected chi connectivity index (χ2v) is 8.21. The molecule has 2 unspecified atom stereocenters. The van der Waals surface area contributed by atoms with Crippen molar-refractivity contribution in [2.75, 3.05) is 0 Å². The van der Waals surface area contributed by atoms with Crippen LogP contribution in [0.2, 0.25) is 0 Å². The zero-order valence-electron chi connectivity index (χ0n) is 16.5. The normalized spacial score (nSPS) is 18.7. The van der Waals surface area contributed by atoms with E-state index in [0.717, 1.165) is 27.2 Å². The van der Waals surface area contributed by atoms with Crippen LogP contribution >= 0.6 is 11.3 Å². The number of aliphatic hydroxyl groups is 1. The topological polar surface area (TPSA) is 46.5 Å². The molecule has 0 aliphatic carbocycles. The van der Waals surface area contributed by atoms with Crippen molar-refractivity contribution in [2.45, 2.75) is 25.0 Å². The van der Waals surface area contributed by atoms with Gasteiger partial charge in [-0.15, -0.1) is 11.3 Å². The minimum Gasteiger partial charge on any atom is -0.458 e. The summed E-state index contributed by atoms with van der Waals surface area (Å²) in [6, 6.07) is 16.1. The molecule has 3 aromatic rings. The van der Waals surface area contributed by atoms with Crippen LogP contribution in [0.1, 0.15) is 28.8 Å². The quantitative estimate of drug-likeness (QED) is 0.416. The van der Waals surface area contributed by atoms with E-state index in [1.165, 1.54) is 35.6 Å². The summed E-state index contributed by atoms with van der Waals surface area (Å²) in [7, 11) is 0. The monoisotopic (exact) mass is 438 g/mol. The molecular weight excluding hydrogens is 418 g/mol. The highest BCUT2D eigenvalue weighted by Gasteiger charge is 2.25. The Morgan fingerprint density at radius 1 is 1.00 bits per heavy atom. The Balaban J connectivity index is 1.86. The summed E-state index contributed by atoms with van der Waals surface area (Å²) in [4.78, 5) is 12.6. The first-order chi connectivity index (χ1) is 15.0. The van der Waals surface area contributed by atoms with Crippen LogP contribution in [-0.2, 0) is 9.53 Å². The van der Waals surface area contributed by atoms with E-state index in [-0.39, 0.29) is 18.1 Å². The van der Waals surface area contributed by atoms with Crippen LogP contribution in [0.25, 0.3) is 11.1 Å². The molecule has 0 amide bonds. The number of cyclic esters (lactones) is 1. The largest absolute Gasteiger partial charge is 0.458 e. The van der Waals surface area contributed by atoms with E-state index in [9.17, 15) is 18.7 Å². The smallest absolute Gasteiger partial charge is 0.309 e. The highest BCUT2D eigenvalue weighted by atomic mass is 32.1. The number of carbonyl (C=O) groups is 1. The molecule has 6 heteroatoms. The van der Waals surface area contributed by atoms with Gasteiger partial charge in [0, 0.05) is 11.3 Å². The molecule has 158 valence electrons. The van der Waals surface area contributed by atoms with Crippen molar-refractivity contribution in [3.63, 3.8) is 0 Å². The lowest BCUT2D eigenvalue weighted by molar-refractivity contribution is -0.156. The van der Waals surface area contributed by atoms with Crippen molar-refractivity contribution < 1.29 is 23.4 Å². The third-order valence-electron chi connectivity index (χ3n) is 4.99. The number of hydrogen-bond acceptors (Lipinski definition) is 4. The summed E-state index contributed by atoms with van der Waals surface area (Å²) in [6.07, 6.45) is 2.64. The van der Waals surface area contributed by atoms with Gasteiger partial charge in [0.1, 0.15) is 17.7 Å². The Bertz CT molecular complexity index is 1050. The average Bonchev–Trinajstić information content (AvgIpc) is 3.27. The number of carbonyl (C=O) groups excluding carboxylic acids is 1. The summed E-state index contributed by atoms with van der Waals surface area (Å²) in [5, 5.41) is 11.8. The number of esters is 1. The van der Waals surface area contributed by atoms with Crippen LogP contribution in [0.4, 0.5) is 8.78 Å². The van der Waals surface area contributed by atoms with E-state index in [1.54, 1.807) is 30.3 Å². The van der Waals surface area contributed by atoms with E-state index in [4.69, 9.17) is 4.74 Å². The molecule has 1 aromatic heterocycles. The first kappa shape index (κ1) is 21.2. The SMILES string of the molecule is O=C1CC(O)CC(/C=C/C(=C(c2ccc(F)cc2)c2ccc(F)cc2)c2cccs2)O1. The average molecular weight is 438 g/mol. The lowest BCUT2D eigenvalue weighted by Gasteiger charge is -2.23. The number of rotatable bonds is 5. The van der Waals surface area contributed by atoms with E-state index in [2.05, 4.69) is 0 Å². The molecule has 3 nitrogen and oxygen atoms in total. The maximum absolute atomic E-state index is 13.6. The second kappa shape index (κ2) is 9.37. The van der Waals surface area contributed by atoms with E-state index in [1.807, 2.05) is 23.6 Å². The van der Waals surface area contributed by atoms with Crippen molar-refractivity contribution in [3.8, 4) is 0 Å². The van der Waals surface area contributed by atoms with Gasteiger partial charge in [0.2, 0.25) is 0 Å². The van der Waals surface area contributed by atoms with Gasteiger partial charge in [-0.3, -0.25) is 4.79 Å². The highest BCUT2D eigenvalue weighted by Crippen LogP contribution is 2.36. The summed E-state index contributed by atoms with van der Waals surface area (Å²) >= 11 is 1.53. The number of hydrogen-bond donors (Lipinski definition) is 1. The molecular formula is C25H20F2O3S. The predicted octanol–water partition coefficient (Wildman–Crippen LogP) is 5.61. The van der Waals surface area contributed by atoms with Gasteiger partial charge < -0.3 is 9.84 Å². The van der Waals surface area contributed by atoms with Crippen LogP contribution in [0.15, 0.2) is 78.2 Å². The summed E-state index contributed by atoms with van der Waals surface area (Å²) in [5.41, 5.74) is 3.15. The van der Waals surface area contributed by atoms with Gasteiger partial charge in [-0.1, -0.05) is 36.4 Å². The molecule has 1 aliphatic heterocycles. The molecule has 2 atom stereocenters. The van der Waals surface area contributed by atoms with Crippen molar-refractivity contribution in [1.29, 1.82) is 0 Å². The molecule has 4 rings (SSSR count). The van der Waals surface area contributed by atoms with Gasteiger partial charge in [-0.25, -0.2) is 8.78 Å². The number of thiophene rings is 1. The Labute approximate surface area is 182 Å². The lowest BCUT2D eigenvalue weighted by atomic mass is 9.91. The minimum atomic E-state index is -0.737. The molecule has 0 radical (unpaired) electrons. The molecule has 2 aromatic carbocycles. The first-order valence-electron chi connectivity index (χ1n) is 9.85. The van der Waals surface area contributed by atoms with Gasteiger partial charge in [-0.2, -0.15) is 0 Å². The second-order valence-electron chi connectivity index (χ2n) is 7.26. The fraction of sp³-hybridized carbons (Fsp3) is 0.160. The molecule has 1 fully saturated rings. The Hall–Kier alpha value is -3.09. The maximum Gasteiger partial charge on any atom is 0.309 e. The van der Waals surface area contributed by atoms with Gasteiger partial charge in [0.15, 0.2) is 0 Å². The van der Waals surface area contributed by atoms with Gasteiger partial charge in [0.05, 0.1) is 12.5 Å². The molecule has 1 saturated heterocycles. The van der Waals surface area contributed by atoms with Crippen LogP contribution in [0.5, 0.6) is 0 Å². The zero-order chi connectivity index (χ0) is 21.8. The van der Waals surface area contributed by atoms with Gasteiger partial charge in [-0.05, 0) is 64.1 Å². The minimum absolute atomic E-state index is 0.00559. The number of benzene rings is 2. The third-order valence-corrected chi connectivity index (χ3v) is 5.89. The maximum atomic E-state index is 13.6. The molecule has 0 bridgehead atoms. The molecule has 2 heterocycles. The molecule has 0 saturated carbocycles. The van der Waals surface area contributed by atoms with E-state index < -0.39 is 18.2 Å². The van der Waals surface area contributed by atoms with Gasteiger partial charge >= 0.3 is 5.97 Å². The number of halogens is 2. The van der Waals surface area contributed by atoms with E-state index >= 15 is 0 Å². The standard InChI is InChI=1S/C25H20F2O3S/c26-18-7-3-16(4-8-18)25(17-5-9-19(27)10-6-17)22(23-2-1-13-31-23)12-11-21-14-20(28)15-24(29)30-21/h1-13,20-21,28H,14-15H2/b12-11+. The Morgan fingerprint density at radius 3 is 2.13 bits per heavy atom. The fourth-order valence-corrected chi connectivity index (χ4v) is 4.32. The highest BCUT2D eigenvalue weighted by molar-refractivity contribution is 7.11. The van der Waals surface area contributed by atoms with Crippen molar-refractivity contribution >= 4 is 28.5 Å². The molecule has 0 spiro atoms. The van der Waals surface area contributed by atoms with Crippen molar-refractivity contribution in [1.82, 2.24) is 0 Å². The van der Waals surface area contributed by atoms with Crippen molar-refractivity contribution in [3.05, 3.63) is 106 Å². The number of allylic oxidation sites excluding steroid dienone is 2. The fourth-order valence-electron chi connectivity index (χ4n) is 3.56. The zero-order valence-corrected chi connectivity index (χ0v) is 17.3. The van der Waals surface area contributed by atoms with E-state index in [0.29, 0.717) is 6.42 Å². The third kappa shape index (κ3) is 5.16. The van der Waals surface area contributed by atoms with Crippen molar-refractivity contribution in [2.24, 2.45) is 0 Å². The number of aliphatic hydroxyl groups excluding tert-OH is 1. The molecule has 31 heavy (non-hydrogen) atoms. The first-order valence-corrected chi connectivity index (χ1v) is 10.7. The van der Waals surface area contributed by atoms with Crippen LogP contribution in [0.3, 0.4) is 0 Å². The summed E-state index contributed by atoms with van der Waals surface area (Å²) in [5.74, 6) is -1.13. The Kier molecular flexibility index (Phi) is 6.39. The Morgan fingerprint density at radius 2 is 1.61 bits per heavy atom. The van der Waals surface area contributed by atoms with Crippen LogP contribution in [0, 0.1) is 11.6 Å².